The first-order valence-corrected chi connectivity index (χ1v) is 10.1. The van der Waals surface area contributed by atoms with Gasteiger partial charge < -0.3 is 10.6 Å². The highest BCUT2D eigenvalue weighted by molar-refractivity contribution is 7.99. The van der Waals surface area contributed by atoms with E-state index in [1.165, 1.54) is 6.42 Å². The molecule has 23 heavy (non-hydrogen) atoms. The molecule has 1 saturated heterocycles. The Bertz CT molecular complexity index is 391. The van der Waals surface area contributed by atoms with Gasteiger partial charge in [0.2, 0.25) is 11.8 Å². The summed E-state index contributed by atoms with van der Waals surface area (Å²) in [5.74, 6) is 2.63. The van der Waals surface area contributed by atoms with Crippen LogP contribution in [0.3, 0.4) is 0 Å². The molecule has 2 rings (SSSR count). The van der Waals surface area contributed by atoms with Gasteiger partial charge in [-0.1, -0.05) is 13.8 Å². The van der Waals surface area contributed by atoms with E-state index in [1.54, 1.807) is 11.8 Å². The van der Waals surface area contributed by atoms with E-state index in [4.69, 9.17) is 0 Å². The van der Waals surface area contributed by atoms with E-state index in [1.807, 2.05) is 0 Å². The minimum absolute atomic E-state index is 0.150. The van der Waals surface area contributed by atoms with Crippen LogP contribution in [0.2, 0.25) is 0 Å². The number of hydrogen-bond acceptors (Lipinski definition) is 4. The summed E-state index contributed by atoms with van der Waals surface area (Å²) in [6, 6.07) is 0.712. The van der Waals surface area contributed by atoms with E-state index in [9.17, 15) is 9.59 Å². The standard InChI is InChI=1S/C17H31N3O2S/c1-13(2)7-10-23-12-17(22)19-15-5-8-20(9-6-15)11-16(21)18-14-3-4-14/h13-15H,3-12H2,1-2H3,(H,18,21)(H,19,22). The van der Waals surface area contributed by atoms with Crippen LogP contribution in [-0.4, -0.2) is 59.9 Å². The zero-order valence-corrected chi connectivity index (χ0v) is 15.3. The maximum absolute atomic E-state index is 11.9. The average Bonchev–Trinajstić information content (AvgIpc) is 3.29. The molecule has 2 N–H and O–H groups in total. The van der Waals surface area contributed by atoms with Crippen molar-refractivity contribution < 1.29 is 9.59 Å². The first-order chi connectivity index (χ1) is 11.0. The summed E-state index contributed by atoms with van der Waals surface area (Å²) in [6.07, 6.45) is 5.32. The second kappa shape index (κ2) is 9.52. The number of nitrogens with zero attached hydrogens (tertiary/aromatic N) is 1. The Hall–Kier alpha value is -0.750. The number of likely N-dealkylation sites (tertiary alicyclic amines) is 1. The SMILES string of the molecule is CC(C)CCSCC(=O)NC1CCN(CC(=O)NC2CC2)CC1. The third kappa shape index (κ3) is 8.06. The molecule has 0 aromatic heterocycles. The lowest BCUT2D eigenvalue weighted by Crippen LogP contribution is -2.47. The molecule has 0 aromatic carbocycles. The van der Waals surface area contributed by atoms with Gasteiger partial charge in [-0.3, -0.25) is 14.5 Å². The molecule has 0 bridgehead atoms. The number of piperidine rings is 1. The Morgan fingerprint density at radius 1 is 1.04 bits per heavy atom. The smallest absolute Gasteiger partial charge is 0.234 e. The van der Waals surface area contributed by atoms with Crippen LogP contribution in [0, 0.1) is 5.92 Å². The molecule has 2 fully saturated rings. The number of thioether (sulfide) groups is 1. The molecular weight excluding hydrogens is 310 g/mol. The Labute approximate surface area is 144 Å². The normalized spacial score (nSPS) is 19.8. The summed E-state index contributed by atoms with van der Waals surface area (Å²) in [4.78, 5) is 25.9. The Kier molecular flexibility index (Phi) is 7.70. The number of nitrogens with one attached hydrogen (secondary N) is 2. The molecule has 6 heteroatoms. The van der Waals surface area contributed by atoms with Gasteiger partial charge in [0.1, 0.15) is 0 Å². The van der Waals surface area contributed by atoms with Gasteiger partial charge >= 0.3 is 0 Å². The molecule has 1 saturated carbocycles. The van der Waals surface area contributed by atoms with Crippen LogP contribution in [0.5, 0.6) is 0 Å². The molecule has 0 aromatic rings. The van der Waals surface area contributed by atoms with Gasteiger partial charge in [-0.2, -0.15) is 11.8 Å². The lowest BCUT2D eigenvalue weighted by atomic mass is 10.1. The lowest BCUT2D eigenvalue weighted by molar-refractivity contribution is -0.123. The molecule has 5 nitrogen and oxygen atoms in total. The average molecular weight is 342 g/mol. The molecule has 2 amide bonds. The van der Waals surface area contributed by atoms with E-state index in [-0.39, 0.29) is 17.9 Å². The number of amides is 2. The minimum atomic E-state index is 0.150. The van der Waals surface area contributed by atoms with Crippen molar-refractivity contribution in [3.63, 3.8) is 0 Å². The highest BCUT2D eigenvalue weighted by Gasteiger charge is 2.26. The van der Waals surface area contributed by atoms with Crippen LogP contribution >= 0.6 is 11.8 Å². The molecule has 0 radical (unpaired) electrons. The zero-order valence-electron chi connectivity index (χ0n) is 14.5. The van der Waals surface area contributed by atoms with E-state index in [0.29, 0.717) is 24.3 Å². The van der Waals surface area contributed by atoms with E-state index in [0.717, 1.165) is 44.5 Å². The molecule has 1 heterocycles. The zero-order chi connectivity index (χ0) is 16.7. The van der Waals surface area contributed by atoms with Crippen molar-refractivity contribution in [3.05, 3.63) is 0 Å². The van der Waals surface area contributed by atoms with Crippen molar-refractivity contribution in [1.82, 2.24) is 15.5 Å². The minimum Gasteiger partial charge on any atom is -0.353 e. The number of rotatable bonds is 9. The van der Waals surface area contributed by atoms with Gasteiger partial charge in [-0.15, -0.1) is 0 Å². The van der Waals surface area contributed by atoms with Crippen LogP contribution in [0.4, 0.5) is 0 Å². The monoisotopic (exact) mass is 341 g/mol. The summed E-state index contributed by atoms with van der Waals surface area (Å²) in [7, 11) is 0. The predicted octanol–water partition coefficient (Wildman–Crippen LogP) is 1.62. The third-order valence-electron chi connectivity index (χ3n) is 4.34. The molecule has 1 aliphatic heterocycles. The fourth-order valence-electron chi connectivity index (χ4n) is 2.69. The molecule has 1 aliphatic carbocycles. The fourth-order valence-corrected chi connectivity index (χ4v) is 3.74. The Balaban J connectivity index is 1.53. The third-order valence-corrected chi connectivity index (χ3v) is 5.33. The topological polar surface area (TPSA) is 61.4 Å². The maximum Gasteiger partial charge on any atom is 0.234 e. The predicted molar refractivity (Wildman–Crippen MR) is 95.5 cm³/mol. The van der Waals surface area contributed by atoms with Crippen LogP contribution in [0.15, 0.2) is 0 Å². The van der Waals surface area contributed by atoms with Crippen LogP contribution in [0.1, 0.15) is 46.0 Å². The summed E-state index contributed by atoms with van der Waals surface area (Å²) < 4.78 is 0. The molecule has 0 atom stereocenters. The second-order valence-electron chi connectivity index (χ2n) is 7.19. The lowest BCUT2D eigenvalue weighted by Gasteiger charge is -2.31. The molecular formula is C17H31N3O2S. The molecule has 132 valence electrons. The molecule has 0 unspecified atom stereocenters. The number of carbonyl (C=O) groups is 2. The van der Waals surface area contributed by atoms with E-state index >= 15 is 0 Å². The second-order valence-corrected chi connectivity index (χ2v) is 8.30. The highest BCUT2D eigenvalue weighted by Crippen LogP contribution is 2.18. The van der Waals surface area contributed by atoms with Gasteiger partial charge in [0.05, 0.1) is 12.3 Å². The van der Waals surface area contributed by atoms with Gasteiger partial charge in [0, 0.05) is 25.2 Å². The first kappa shape index (κ1) is 18.6. The first-order valence-electron chi connectivity index (χ1n) is 8.91. The summed E-state index contributed by atoms with van der Waals surface area (Å²) in [6.45, 7) is 6.70. The van der Waals surface area contributed by atoms with Gasteiger partial charge in [0.15, 0.2) is 0 Å². The van der Waals surface area contributed by atoms with Crippen molar-refractivity contribution in [2.75, 3.05) is 31.1 Å². The number of hydrogen-bond donors (Lipinski definition) is 2. The van der Waals surface area contributed by atoms with Crippen molar-refractivity contribution in [2.45, 2.75) is 58.0 Å². The quantitative estimate of drug-likeness (QED) is 0.626. The van der Waals surface area contributed by atoms with Crippen LogP contribution < -0.4 is 10.6 Å². The molecule has 2 aliphatic rings. The Morgan fingerprint density at radius 2 is 1.65 bits per heavy atom. The number of carbonyl (C=O) groups excluding carboxylic acids is 2. The highest BCUT2D eigenvalue weighted by atomic mass is 32.2. The largest absolute Gasteiger partial charge is 0.353 e. The summed E-state index contributed by atoms with van der Waals surface area (Å²) >= 11 is 1.72. The van der Waals surface area contributed by atoms with Crippen molar-refractivity contribution in [2.24, 2.45) is 5.92 Å². The summed E-state index contributed by atoms with van der Waals surface area (Å²) in [5, 5.41) is 6.16. The van der Waals surface area contributed by atoms with Gasteiger partial charge in [-0.05, 0) is 43.8 Å². The fraction of sp³-hybridized carbons (Fsp3) is 0.882. The summed E-state index contributed by atoms with van der Waals surface area (Å²) in [5.41, 5.74) is 0. The van der Waals surface area contributed by atoms with Gasteiger partial charge in [-0.25, -0.2) is 0 Å². The maximum atomic E-state index is 11.9. The van der Waals surface area contributed by atoms with Gasteiger partial charge in [0.25, 0.3) is 0 Å². The van der Waals surface area contributed by atoms with Crippen LogP contribution in [-0.2, 0) is 9.59 Å². The molecule has 0 spiro atoms. The van der Waals surface area contributed by atoms with Crippen molar-refractivity contribution in [3.8, 4) is 0 Å². The van der Waals surface area contributed by atoms with Crippen molar-refractivity contribution >= 4 is 23.6 Å². The van der Waals surface area contributed by atoms with Crippen molar-refractivity contribution in [1.29, 1.82) is 0 Å². The van der Waals surface area contributed by atoms with Crippen LogP contribution in [0.25, 0.3) is 0 Å². The van der Waals surface area contributed by atoms with E-state index in [2.05, 4.69) is 29.4 Å². The van der Waals surface area contributed by atoms with E-state index < -0.39 is 0 Å². The Morgan fingerprint density at radius 3 is 2.26 bits per heavy atom.